The molecule has 1 aliphatic carbocycles. The highest BCUT2D eigenvalue weighted by molar-refractivity contribution is 5.88. The number of hydrogen-bond acceptors (Lipinski definition) is 4. The van der Waals surface area contributed by atoms with Crippen LogP contribution in [0.2, 0.25) is 0 Å². The molecule has 6 heteroatoms. The predicted octanol–water partition coefficient (Wildman–Crippen LogP) is 5.10. The molecule has 0 amide bonds. The molecular formula is C29H32FNO4. The van der Waals surface area contributed by atoms with Crippen molar-refractivity contribution in [2.75, 3.05) is 13.2 Å². The number of fused-ring (bicyclic) bond motifs is 1. The molecule has 0 radical (unpaired) electrons. The van der Waals surface area contributed by atoms with E-state index < -0.39 is 17.9 Å². The van der Waals surface area contributed by atoms with Crippen LogP contribution in [0, 0.1) is 11.7 Å². The zero-order valence-corrected chi connectivity index (χ0v) is 20.1. The molecule has 3 aromatic rings. The van der Waals surface area contributed by atoms with Crippen LogP contribution in [-0.2, 0) is 12.8 Å². The Labute approximate surface area is 205 Å². The summed E-state index contributed by atoms with van der Waals surface area (Å²) in [4.78, 5) is 11.0. The second-order valence-corrected chi connectivity index (χ2v) is 10.0. The number of β-amino-alcohol motifs (C(OH)–C–C–N with tert-alkyl or cyclic N) is 1. The van der Waals surface area contributed by atoms with Crippen molar-refractivity contribution >= 4 is 5.97 Å². The zero-order valence-electron chi connectivity index (χ0n) is 20.1. The van der Waals surface area contributed by atoms with Gasteiger partial charge in [-0.3, -0.25) is 0 Å². The molecule has 0 saturated heterocycles. The summed E-state index contributed by atoms with van der Waals surface area (Å²) >= 11 is 0. The van der Waals surface area contributed by atoms with Crippen LogP contribution in [0.15, 0.2) is 66.7 Å². The van der Waals surface area contributed by atoms with Crippen LogP contribution in [0.3, 0.4) is 0 Å². The quantitative estimate of drug-likeness (QED) is 0.379. The lowest BCUT2D eigenvalue weighted by Crippen LogP contribution is -2.46. The molecule has 5 nitrogen and oxygen atoms in total. The lowest BCUT2D eigenvalue weighted by atomic mass is 9.88. The molecule has 0 saturated carbocycles. The van der Waals surface area contributed by atoms with Crippen molar-refractivity contribution in [1.82, 2.24) is 5.32 Å². The first-order chi connectivity index (χ1) is 16.7. The highest BCUT2D eigenvalue weighted by Gasteiger charge is 2.28. The van der Waals surface area contributed by atoms with Crippen LogP contribution >= 0.6 is 0 Å². The van der Waals surface area contributed by atoms with Crippen LogP contribution in [0.5, 0.6) is 5.75 Å². The van der Waals surface area contributed by atoms with E-state index in [9.17, 15) is 14.3 Å². The maximum Gasteiger partial charge on any atom is 0.335 e. The molecule has 4 rings (SSSR count). The normalized spacial score (nSPS) is 14.5. The minimum Gasteiger partial charge on any atom is -0.488 e. The van der Waals surface area contributed by atoms with Crippen molar-refractivity contribution in [2.24, 2.45) is 5.92 Å². The van der Waals surface area contributed by atoms with E-state index in [1.165, 1.54) is 29.3 Å². The number of carboxylic acid groups (broad SMARTS) is 1. The Hall–Kier alpha value is -3.22. The van der Waals surface area contributed by atoms with Crippen LogP contribution < -0.4 is 10.1 Å². The van der Waals surface area contributed by atoms with Gasteiger partial charge in [-0.2, -0.15) is 0 Å². The van der Waals surface area contributed by atoms with Crippen LogP contribution in [0.25, 0.3) is 11.1 Å². The molecule has 0 aromatic heterocycles. The number of aromatic carboxylic acids is 1. The molecule has 3 aromatic carbocycles. The Morgan fingerprint density at radius 3 is 2.31 bits per heavy atom. The molecule has 3 N–H and O–H groups in total. The molecule has 0 heterocycles. The molecule has 0 aliphatic heterocycles. The Kier molecular flexibility index (Phi) is 7.53. The van der Waals surface area contributed by atoms with Gasteiger partial charge in [-0.05, 0) is 85.5 Å². The summed E-state index contributed by atoms with van der Waals surface area (Å²) in [7, 11) is 0. The van der Waals surface area contributed by atoms with Gasteiger partial charge in [0.15, 0.2) is 11.6 Å². The summed E-state index contributed by atoms with van der Waals surface area (Å²) in [6.07, 6.45) is 2.36. The molecule has 1 atom stereocenters. The second-order valence-electron chi connectivity index (χ2n) is 10.0. The van der Waals surface area contributed by atoms with Crippen molar-refractivity contribution < 1.29 is 24.1 Å². The van der Waals surface area contributed by atoms with Gasteiger partial charge in [-0.1, -0.05) is 42.5 Å². The Bertz CT molecular complexity index is 1150. The van der Waals surface area contributed by atoms with E-state index in [4.69, 9.17) is 9.84 Å². The minimum atomic E-state index is -1.00. The summed E-state index contributed by atoms with van der Waals surface area (Å²) in [5.74, 6) is -0.896. The summed E-state index contributed by atoms with van der Waals surface area (Å²) in [6.45, 7) is 4.57. The van der Waals surface area contributed by atoms with Crippen molar-refractivity contribution in [3.63, 3.8) is 0 Å². The average molecular weight is 478 g/mol. The standard InChI is InChI=1S/C29H32FNO4/c1-29(2,16-19-13-22-5-3-4-6-23(22)14-19)31-17-25(32)18-35-27-15-24(11-12-26(27)30)20-7-9-21(10-8-20)28(33)34/h3-12,15,19,25,31-32H,13-14,16-18H2,1-2H3,(H,33,34)/t25-/m1/s1. The fourth-order valence-corrected chi connectivity index (χ4v) is 4.83. The number of carboxylic acids is 1. The van der Waals surface area contributed by atoms with Gasteiger partial charge in [0.1, 0.15) is 12.7 Å². The first kappa shape index (κ1) is 24.9. The molecule has 0 unspecified atom stereocenters. The maximum absolute atomic E-state index is 14.3. The second kappa shape index (κ2) is 10.6. The number of rotatable bonds is 10. The smallest absolute Gasteiger partial charge is 0.335 e. The van der Waals surface area contributed by atoms with E-state index >= 15 is 0 Å². The zero-order chi connectivity index (χ0) is 25.0. The third kappa shape index (κ3) is 6.47. The Balaban J connectivity index is 1.28. The van der Waals surface area contributed by atoms with Gasteiger partial charge < -0.3 is 20.3 Å². The number of hydrogen-bond donors (Lipinski definition) is 3. The summed E-state index contributed by atoms with van der Waals surface area (Å²) in [5.41, 5.74) is 4.35. The van der Waals surface area contributed by atoms with Gasteiger partial charge in [0, 0.05) is 12.1 Å². The van der Waals surface area contributed by atoms with Gasteiger partial charge >= 0.3 is 5.97 Å². The van der Waals surface area contributed by atoms with Crippen molar-refractivity contribution in [2.45, 2.75) is 44.8 Å². The number of aliphatic hydroxyl groups is 1. The van der Waals surface area contributed by atoms with Gasteiger partial charge in [0.05, 0.1) is 5.56 Å². The molecule has 0 spiro atoms. The topological polar surface area (TPSA) is 78.8 Å². The monoisotopic (exact) mass is 477 g/mol. The molecule has 0 fully saturated rings. The van der Waals surface area contributed by atoms with E-state index in [0.717, 1.165) is 24.8 Å². The summed E-state index contributed by atoms with van der Waals surface area (Å²) < 4.78 is 19.9. The molecule has 184 valence electrons. The average Bonchev–Trinajstić information content (AvgIpc) is 3.24. The lowest BCUT2D eigenvalue weighted by molar-refractivity contribution is 0.0697. The first-order valence-electron chi connectivity index (χ1n) is 12.0. The van der Waals surface area contributed by atoms with Gasteiger partial charge in [0.25, 0.3) is 0 Å². The SMILES string of the molecule is CC(C)(CC1Cc2ccccc2C1)NC[C@@H](O)COc1cc(-c2ccc(C(=O)O)cc2)ccc1F. The van der Waals surface area contributed by atoms with Crippen molar-refractivity contribution in [1.29, 1.82) is 0 Å². The molecule has 1 aliphatic rings. The van der Waals surface area contributed by atoms with E-state index in [2.05, 4.69) is 43.4 Å². The van der Waals surface area contributed by atoms with E-state index in [1.807, 2.05) is 0 Å². The van der Waals surface area contributed by atoms with E-state index in [0.29, 0.717) is 18.0 Å². The third-order valence-electron chi connectivity index (χ3n) is 6.58. The Morgan fingerprint density at radius 2 is 1.69 bits per heavy atom. The minimum absolute atomic E-state index is 0.0454. The number of benzene rings is 3. The Morgan fingerprint density at radius 1 is 1.06 bits per heavy atom. The fraction of sp³-hybridized carbons (Fsp3) is 0.345. The van der Waals surface area contributed by atoms with Gasteiger partial charge in [0.2, 0.25) is 0 Å². The lowest BCUT2D eigenvalue weighted by Gasteiger charge is -2.30. The van der Waals surface area contributed by atoms with Gasteiger partial charge in [-0.15, -0.1) is 0 Å². The molecule has 0 bridgehead atoms. The van der Waals surface area contributed by atoms with Crippen LogP contribution in [0.4, 0.5) is 4.39 Å². The maximum atomic E-state index is 14.3. The molecular weight excluding hydrogens is 445 g/mol. The molecule has 35 heavy (non-hydrogen) atoms. The van der Waals surface area contributed by atoms with Crippen molar-refractivity contribution in [3.05, 3.63) is 89.2 Å². The third-order valence-corrected chi connectivity index (χ3v) is 6.58. The van der Waals surface area contributed by atoms with E-state index in [-0.39, 0.29) is 23.5 Å². The van der Waals surface area contributed by atoms with E-state index in [1.54, 1.807) is 24.3 Å². The highest BCUT2D eigenvalue weighted by atomic mass is 19.1. The first-order valence-corrected chi connectivity index (χ1v) is 12.0. The van der Waals surface area contributed by atoms with Crippen LogP contribution in [0.1, 0.15) is 41.8 Å². The number of ether oxygens (including phenoxy) is 1. The van der Waals surface area contributed by atoms with Gasteiger partial charge in [-0.25, -0.2) is 9.18 Å². The predicted molar refractivity (Wildman–Crippen MR) is 134 cm³/mol. The van der Waals surface area contributed by atoms with Crippen molar-refractivity contribution in [3.8, 4) is 16.9 Å². The summed E-state index contributed by atoms with van der Waals surface area (Å²) in [6, 6.07) is 19.4. The summed E-state index contributed by atoms with van der Waals surface area (Å²) in [5, 5.41) is 23.0. The highest BCUT2D eigenvalue weighted by Crippen LogP contribution is 2.32. The number of aliphatic hydroxyl groups excluding tert-OH is 1. The fourth-order valence-electron chi connectivity index (χ4n) is 4.83. The number of nitrogens with one attached hydrogen (secondary N) is 1. The number of halogens is 1. The largest absolute Gasteiger partial charge is 0.488 e. The van der Waals surface area contributed by atoms with Crippen LogP contribution in [-0.4, -0.2) is 41.0 Å². The number of carbonyl (C=O) groups is 1.